The van der Waals surface area contributed by atoms with Crippen LogP contribution in [-0.4, -0.2) is 10.2 Å². The van der Waals surface area contributed by atoms with Gasteiger partial charge in [0.1, 0.15) is 0 Å². The number of fused-ring (bicyclic) bond motifs is 1. The highest BCUT2D eigenvalue weighted by Gasteiger charge is 2.36. The van der Waals surface area contributed by atoms with Crippen LogP contribution >= 0.6 is 0 Å². The van der Waals surface area contributed by atoms with Gasteiger partial charge in [-0.15, -0.1) is 0 Å². The molecule has 3 heteroatoms. The Kier molecular flexibility index (Phi) is 2.09. The molecule has 82 valence electrons. The maximum absolute atomic E-state index is 6.47. The highest BCUT2D eigenvalue weighted by molar-refractivity contribution is 5.33. The summed E-state index contributed by atoms with van der Waals surface area (Å²) in [5.74, 6) is 0. The van der Waals surface area contributed by atoms with E-state index in [1.807, 2.05) is 0 Å². The van der Waals surface area contributed by atoms with Gasteiger partial charge in [-0.05, 0) is 44.1 Å². The summed E-state index contributed by atoms with van der Waals surface area (Å²) in [6.07, 6.45) is 9.70. The van der Waals surface area contributed by atoms with Crippen LogP contribution in [0.4, 0.5) is 0 Å². The Balaban J connectivity index is 2.00. The fraction of sp³-hybridized carbons (Fsp3) is 0.750. The summed E-state index contributed by atoms with van der Waals surface area (Å²) in [4.78, 5) is 0. The van der Waals surface area contributed by atoms with Crippen LogP contribution in [0, 0.1) is 0 Å². The van der Waals surface area contributed by atoms with E-state index in [2.05, 4.69) is 10.2 Å². The van der Waals surface area contributed by atoms with Gasteiger partial charge in [0.25, 0.3) is 0 Å². The number of nitrogens with two attached hydrogens (primary N) is 1. The lowest BCUT2D eigenvalue weighted by Crippen LogP contribution is -2.34. The topological polar surface area (TPSA) is 54.7 Å². The van der Waals surface area contributed by atoms with E-state index >= 15 is 0 Å². The Morgan fingerprint density at radius 2 is 1.80 bits per heavy atom. The van der Waals surface area contributed by atoms with E-state index in [4.69, 9.17) is 5.73 Å². The van der Waals surface area contributed by atoms with Crippen molar-refractivity contribution in [3.05, 3.63) is 17.0 Å². The van der Waals surface area contributed by atoms with Gasteiger partial charge in [-0.1, -0.05) is 12.8 Å². The second kappa shape index (κ2) is 3.34. The van der Waals surface area contributed by atoms with Crippen molar-refractivity contribution in [3.8, 4) is 0 Å². The van der Waals surface area contributed by atoms with Gasteiger partial charge >= 0.3 is 0 Å². The van der Waals surface area contributed by atoms with Crippen molar-refractivity contribution >= 4 is 0 Å². The molecule has 1 heterocycles. The van der Waals surface area contributed by atoms with Crippen LogP contribution in [0.2, 0.25) is 0 Å². The van der Waals surface area contributed by atoms with Gasteiger partial charge in [-0.25, -0.2) is 0 Å². The minimum atomic E-state index is -0.110. The number of aromatic amines is 1. The molecule has 1 fully saturated rings. The summed E-state index contributed by atoms with van der Waals surface area (Å²) in [5, 5.41) is 7.70. The van der Waals surface area contributed by atoms with Crippen molar-refractivity contribution in [2.75, 3.05) is 0 Å². The Labute approximate surface area is 90.4 Å². The summed E-state index contributed by atoms with van der Waals surface area (Å²) in [6.45, 7) is 0. The number of aryl methyl sites for hydroxylation is 1. The Morgan fingerprint density at radius 1 is 1.07 bits per heavy atom. The molecule has 1 aromatic rings. The second-order valence-corrected chi connectivity index (χ2v) is 5.10. The summed E-state index contributed by atoms with van der Waals surface area (Å²) in [7, 11) is 0. The van der Waals surface area contributed by atoms with Gasteiger partial charge in [0.05, 0.1) is 11.2 Å². The summed E-state index contributed by atoms with van der Waals surface area (Å²) in [5.41, 5.74) is 10.4. The van der Waals surface area contributed by atoms with Crippen LogP contribution in [0.3, 0.4) is 0 Å². The molecule has 3 rings (SSSR count). The normalized spacial score (nSPS) is 24.1. The van der Waals surface area contributed by atoms with Crippen molar-refractivity contribution in [2.45, 2.75) is 56.9 Å². The first-order valence-electron chi connectivity index (χ1n) is 6.15. The highest BCUT2D eigenvalue weighted by atomic mass is 15.1. The van der Waals surface area contributed by atoms with E-state index < -0.39 is 0 Å². The maximum atomic E-state index is 6.47. The molecule has 1 aromatic heterocycles. The van der Waals surface area contributed by atoms with Crippen LogP contribution in [0.25, 0.3) is 0 Å². The third-order valence-electron chi connectivity index (χ3n) is 4.02. The van der Waals surface area contributed by atoms with Crippen molar-refractivity contribution < 1.29 is 0 Å². The molecule has 2 aliphatic carbocycles. The standard InChI is InChI=1S/C12H19N3/c13-12(7-3-4-8-12)11-9-5-1-2-6-10(9)14-15-11/h1-8,13H2,(H,14,15). The molecule has 0 amide bonds. The molecule has 0 radical (unpaired) electrons. The van der Waals surface area contributed by atoms with E-state index in [-0.39, 0.29) is 5.54 Å². The first-order valence-corrected chi connectivity index (χ1v) is 6.15. The number of nitrogens with one attached hydrogen (secondary N) is 1. The Bertz CT molecular complexity index is 361. The van der Waals surface area contributed by atoms with E-state index in [1.165, 1.54) is 55.5 Å². The molecule has 1 saturated carbocycles. The van der Waals surface area contributed by atoms with Crippen molar-refractivity contribution in [3.63, 3.8) is 0 Å². The first-order chi connectivity index (χ1) is 7.30. The van der Waals surface area contributed by atoms with Crippen molar-refractivity contribution in [2.24, 2.45) is 5.73 Å². The number of rotatable bonds is 1. The van der Waals surface area contributed by atoms with Crippen molar-refractivity contribution in [1.82, 2.24) is 10.2 Å². The molecule has 0 aromatic carbocycles. The predicted molar refractivity (Wildman–Crippen MR) is 59.6 cm³/mol. The molecule has 0 unspecified atom stereocenters. The molecule has 0 bridgehead atoms. The average Bonchev–Trinajstić information content (AvgIpc) is 2.84. The van der Waals surface area contributed by atoms with Gasteiger partial charge in [0.15, 0.2) is 0 Å². The molecule has 0 saturated heterocycles. The number of H-pyrrole nitrogens is 1. The van der Waals surface area contributed by atoms with Gasteiger partial charge in [0, 0.05) is 5.69 Å². The Morgan fingerprint density at radius 3 is 2.60 bits per heavy atom. The lowest BCUT2D eigenvalue weighted by Gasteiger charge is -2.24. The number of hydrogen-bond acceptors (Lipinski definition) is 2. The summed E-state index contributed by atoms with van der Waals surface area (Å²) in [6, 6.07) is 0. The van der Waals surface area contributed by atoms with Crippen LogP contribution in [-0.2, 0) is 18.4 Å². The van der Waals surface area contributed by atoms with E-state index in [0.29, 0.717) is 0 Å². The van der Waals surface area contributed by atoms with Crippen LogP contribution in [0.1, 0.15) is 55.5 Å². The minimum Gasteiger partial charge on any atom is -0.320 e. The first kappa shape index (κ1) is 9.40. The molecule has 0 aliphatic heterocycles. The smallest absolute Gasteiger partial charge is 0.0855 e. The van der Waals surface area contributed by atoms with E-state index in [1.54, 1.807) is 0 Å². The molecular weight excluding hydrogens is 186 g/mol. The molecule has 15 heavy (non-hydrogen) atoms. The van der Waals surface area contributed by atoms with Crippen LogP contribution < -0.4 is 5.73 Å². The second-order valence-electron chi connectivity index (χ2n) is 5.10. The van der Waals surface area contributed by atoms with Gasteiger partial charge in [-0.2, -0.15) is 5.10 Å². The lowest BCUT2D eigenvalue weighted by molar-refractivity contribution is 0.441. The zero-order chi connectivity index (χ0) is 10.3. The van der Waals surface area contributed by atoms with Gasteiger partial charge < -0.3 is 5.73 Å². The number of nitrogens with zero attached hydrogens (tertiary/aromatic N) is 1. The minimum absolute atomic E-state index is 0.110. The molecule has 0 spiro atoms. The third-order valence-corrected chi connectivity index (χ3v) is 4.02. The monoisotopic (exact) mass is 205 g/mol. The SMILES string of the molecule is NC1(c2n[nH]c3c2CCCC3)CCCC1. The summed E-state index contributed by atoms with van der Waals surface area (Å²) < 4.78 is 0. The lowest BCUT2D eigenvalue weighted by atomic mass is 9.86. The quantitative estimate of drug-likeness (QED) is 0.737. The van der Waals surface area contributed by atoms with E-state index in [0.717, 1.165) is 12.8 Å². The summed E-state index contributed by atoms with van der Waals surface area (Å²) >= 11 is 0. The predicted octanol–water partition coefficient (Wildman–Crippen LogP) is 2.02. The van der Waals surface area contributed by atoms with E-state index in [9.17, 15) is 0 Å². The van der Waals surface area contributed by atoms with Gasteiger partial charge in [0.2, 0.25) is 0 Å². The highest BCUT2D eigenvalue weighted by Crippen LogP contribution is 2.38. The van der Waals surface area contributed by atoms with Crippen LogP contribution in [0.5, 0.6) is 0 Å². The zero-order valence-electron chi connectivity index (χ0n) is 9.18. The fourth-order valence-electron chi connectivity index (χ4n) is 3.14. The number of hydrogen-bond donors (Lipinski definition) is 2. The zero-order valence-corrected chi connectivity index (χ0v) is 9.18. The van der Waals surface area contributed by atoms with Gasteiger partial charge in [-0.3, -0.25) is 5.10 Å². The molecule has 2 aliphatic rings. The molecule has 3 N–H and O–H groups in total. The molecule has 3 nitrogen and oxygen atoms in total. The fourth-order valence-corrected chi connectivity index (χ4v) is 3.14. The Hall–Kier alpha value is -0.830. The molecule has 0 atom stereocenters. The largest absolute Gasteiger partial charge is 0.320 e. The van der Waals surface area contributed by atoms with Crippen molar-refractivity contribution in [1.29, 1.82) is 0 Å². The molecular formula is C12H19N3. The number of aromatic nitrogens is 2. The van der Waals surface area contributed by atoms with Crippen LogP contribution in [0.15, 0.2) is 0 Å². The average molecular weight is 205 g/mol. The maximum Gasteiger partial charge on any atom is 0.0855 e. The third kappa shape index (κ3) is 1.41.